The van der Waals surface area contributed by atoms with Crippen molar-refractivity contribution in [3.63, 3.8) is 0 Å². The third kappa shape index (κ3) is 5.37. The van der Waals surface area contributed by atoms with Crippen LogP contribution in [0.5, 0.6) is 0 Å². The van der Waals surface area contributed by atoms with Gasteiger partial charge in [-0.05, 0) is 58.1 Å². The minimum absolute atomic E-state index is 0.584. The van der Waals surface area contributed by atoms with E-state index >= 15 is 0 Å². The highest BCUT2D eigenvalue weighted by Crippen LogP contribution is 2.38. The zero-order chi connectivity index (χ0) is 37.0. The van der Waals surface area contributed by atoms with Gasteiger partial charge in [0.15, 0.2) is 11.6 Å². The summed E-state index contributed by atoms with van der Waals surface area (Å²) in [5.41, 5.74) is 12.4. The summed E-state index contributed by atoms with van der Waals surface area (Å²) in [5, 5.41) is 4.56. The topological polar surface area (TPSA) is 56.7 Å². The molecule has 0 aliphatic carbocycles. The van der Waals surface area contributed by atoms with Gasteiger partial charge in [-0.1, -0.05) is 164 Å². The van der Waals surface area contributed by atoms with Crippen LogP contribution < -0.4 is 0 Å². The Balaban J connectivity index is 0.965. The average molecular weight is 717 g/mol. The van der Waals surface area contributed by atoms with Crippen molar-refractivity contribution in [2.75, 3.05) is 0 Å². The first-order valence-corrected chi connectivity index (χ1v) is 18.8. The van der Waals surface area contributed by atoms with Crippen LogP contribution in [0.15, 0.2) is 199 Å². The molecule has 0 spiro atoms. The lowest BCUT2D eigenvalue weighted by Gasteiger charge is -2.11. The number of hydrogen-bond acceptors (Lipinski definition) is 4. The highest BCUT2D eigenvalue weighted by molar-refractivity contribution is 6.11. The van der Waals surface area contributed by atoms with E-state index in [1.165, 1.54) is 0 Å². The summed E-state index contributed by atoms with van der Waals surface area (Å²) in [4.78, 5) is 15.2. The molecule has 5 nitrogen and oxygen atoms in total. The van der Waals surface area contributed by atoms with Crippen molar-refractivity contribution in [2.45, 2.75) is 0 Å². The van der Waals surface area contributed by atoms with E-state index in [-0.39, 0.29) is 0 Å². The van der Waals surface area contributed by atoms with E-state index in [1.54, 1.807) is 0 Å². The molecule has 11 aromatic rings. The number of hydrogen-bond donors (Lipinski definition) is 0. The minimum Gasteiger partial charge on any atom is -0.455 e. The summed E-state index contributed by atoms with van der Waals surface area (Å²) < 4.78 is 8.71. The second-order valence-electron chi connectivity index (χ2n) is 14.0. The van der Waals surface area contributed by atoms with Gasteiger partial charge in [0.25, 0.3) is 0 Å². The third-order valence-corrected chi connectivity index (χ3v) is 10.7. The lowest BCUT2D eigenvalue weighted by molar-refractivity contribution is 0.670. The van der Waals surface area contributed by atoms with E-state index in [0.29, 0.717) is 17.6 Å². The predicted molar refractivity (Wildman–Crippen MR) is 229 cm³/mol. The number of benzene rings is 8. The zero-order valence-electron chi connectivity index (χ0n) is 30.2. The second kappa shape index (κ2) is 13.0. The molecule has 0 saturated carbocycles. The lowest BCUT2D eigenvalue weighted by atomic mass is 9.97. The largest absolute Gasteiger partial charge is 0.455 e. The van der Waals surface area contributed by atoms with Crippen LogP contribution in [0.2, 0.25) is 0 Å². The second-order valence-corrected chi connectivity index (χ2v) is 14.0. The molecule has 3 aromatic heterocycles. The molecule has 0 radical (unpaired) electrons. The van der Waals surface area contributed by atoms with Crippen LogP contribution in [0.25, 0.3) is 106 Å². The van der Waals surface area contributed by atoms with Crippen LogP contribution in [-0.4, -0.2) is 19.5 Å². The van der Waals surface area contributed by atoms with Crippen LogP contribution >= 0.6 is 0 Å². The number of para-hydroxylation sites is 3. The number of furan rings is 1. The number of nitrogens with zero attached hydrogens (tertiary/aromatic N) is 4. The standard InChI is InChI=1S/C51H32N4O/c1-3-13-34(14-4-1)40-21-12-22-44-43-30-29-39(32-47(43)56-48(40)44)38-18-11-17-37(31-38)33-25-27-36(28-26-33)50-52-49(35-15-5-2-6-16-35)53-51(54-50)55-45-23-9-7-19-41(45)42-20-8-10-24-46(42)55/h1-32H. The van der Waals surface area contributed by atoms with Gasteiger partial charge in [-0.15, -0.1) is 0 Å². The van der Waals surface area contributed by atoms with E-state index in [4.69, 9.17) is 19.4 Å². The van der Waals surface area contributed by atoms with E-state index in [9.17, 15) is 0 Å². The van der Waals surface area contributed by atoms with Crippen molar-refractivity contribution in [3.05, 3.63) is 194 Å². The summed E-state index contributed by atoms with van der Waals surface area (Å²) >= 11 is 0. The molecule has 0 bridgehead atoms. The predicted octanol–water partition coefficient (Wildman–Crippen LogP) is 13.2. The molecule has 0 atom stereocenters. The Morgan fingerprint density at radius 1 is 0.339 bits per heavy atom. The quantitative estimate of drug-likeness (QED) is 0.172. The first kappa shape index (κ1) is 31.9. The molecule has 11 rings (SSSR count). The fraction of sp³-hybridized carbons (Fsp3) is 0. The molecule has 0 aliphatic rings. The van der Waals surface area contributed by atoms with Crippen LogP contribution in [-0.2, 0) is 0 Å². The first-order valence-electron chi connectivity index (χ1n) is 18.8. The van der Waals surface area contributed by atoms with E-state index in [2.05, 4.69) is 162 Å². The average Bonchev–Trinajstić information content (AvgIpc) is 3.83. The monoisotopic (exact) mass is 716 g/mol. The van der Waals surface area contributed by atoms with Gasteiger partial charge in [0.2, 0.25) is 5.95 Å². The Morgan fingerprint density at radius 2 is 0.839 bits per heavy atom. The normalized spacial score (nSPS) is 11.6. The van der Waals surface area contributed by atoms with Gasteiger partial charge in [0.05, 0.1) is 11.0 Å². The van der Waals surface area contributed by atoms with E-state index < -0.39 is 0 Å². The van der Waals surface area contributed by atoms with Gasteiger partial charge in [0.1, 0.15) is 11.2 Å². The van der Waals surface area contributed by atoms with Crippen LogP contribution in [0.3, 0.4) is 0 Å². The molecule has 8 aromatic carbocycles. The summed E-state index contributed by atoms with van der Waals surface area (Å²) in [5.74, 6) is 1.83. The summed E-state index contributed by atoms with van der Waals surface area (Å²) in [6.45, 7) is 0. The van der Waals surface area contributed by atoms with Crippen molar-refractivity contribution >= 4 is 43.7 Å². The summed E-state index contributed by atoms with van der Waals surface area (Å²) in [6, 6.07) is 67.4. The third-order valence-electron chi connectivity index (χ3n) is 10.7. The molecule has 262 valence electrons. The first-order chi connectivity index (χ1) is 27.7. The van der Waals surface area contributed by atoms with Gasteiger partial charge < -0.3 is 4.42 Å². The van der Waals surface area contributed by atoms with Crippen molar-refractivity contribution in [1.82, 2.24) is 19.5 Å². The Bertz CT molecular complexity index is 3180. The minimum atomic E-state index is 0.584. The molecule has 3 heterocycles. The van der Waals surface area contributed by atoms with Gasteiger partial charge in [0, 0.05) is 38.2 Å². The molecule has 0 N–H and O–H groups in total. The maximum Gasteiger partial charge on any atom is 0.238 e. The molecule has 0 unspecified atom stereocenters. The maximum atomic E-state index is 6.56. The van der Waals surface area contributed by atoms with E-state index in [0.717, 1.165) is 88.3 Å². The number of rotatable bonds is 6. The van der Waals surface area contributed by atoms with E-state index in [1.807, 2.05) is 36.4 Å². The smallest absolute Gasteiger partial charge is 0.238 e. The molecule has 5 heteroatoms. The van der Waals surface area contributed by atoms with Gasteiger partial charge in [-0.3, -0.25) is 4.57 Å². The molecule has 56 heavy (non-hydrogen) atoms. The Labute approximate surface area is 322 Å². The number of fused-ring (bicyclic) bond motifs is 6. The summed E-state index contributed by atoms with van der Waals surface area (Å²) in [6.07, 6.45) is 0. The maximum absolute atomic E-state index is 6.56. The Morgan fingerprint density at radius 3 is 1.54 bits per heavy atom. The summed E-state index contributed by atoms with van der Waals surface area (Å²) in [7, 11) is 0. The molecule has 0 saturated heterocycles. The van der Waals surface area contributed by atoms with Crippen molar-refractivity contribution in [1.29, 1.82) is 0 Å². The van der Waals surface area contributed by atoms with Crippen LogP contribution in [0.1, 0.15) is 0 Å². The highest BCUT2D eigenvalue weighted by atomic mass is 16.3. The Hall–Kier alpha value is -7.63. The molecule has 0 fully saturated rings. The fourth-order valence-corrected chi connectivity index (χ4v) is 7.96. The zero-order valence-corrected chi connectivity index (χ0v) is 30.2. The van der Waals surface area contributed by atoms with Gasteiger partial charge in [-0.2, -0.15) is 9.97 Å². The van der Waals surface area contributed by atoms with Crippen molar-refractivity contribution in [2.24, 2.45) is 0 Å². The molecule has 0 amide bonds. The van der Waals surface area contributed by atoms with Crippen molar-refractivity contribution in [3.8, 4) is 62.1 Å². The molecular formula is C51H32N4O. The van der Waals surface area contributed by atoms with Gasteiger partial charge in [-0.25, -0.2) is 4.98 Å². The fourth-order valence-electron chi connectivity index (χ4n) is 7.96. The molecule has 0 aliphatic heterocycles. The molecular weight excluding hydrogens is 685 g/mol. The van der Waals surface area contributed by atoms with Gasteiger partial charge >= 0.3 is 0 Å². The van der Waals surface area contributed by atoms with Crippen molar-refractivity contribution < 1.29 is 4.42 Å². The Kier molecular flexibility index (Phi) is 7.42. The highest BCUT2D eigenvalue weighted by Gasteiger charge is 2.18. The van der Waals surface area contributed by atoms with Crippen LogP contribution in [0.4, 0.5) is 0 Å². The lowest BCUT2D eigenvalue weighted by Crippen LogP contribution is -2.06. The number of aromatic nitrogens is 4. The SMILES string of the molecule is c1ccc(-c2nc(-c3ccc(-c4cccc(-c5ccc6c(c5)oc5c(-c7ccccc7)cccc56)c4)cc3)nc(-n3c4ccccc4c4ccccc43)n2)cc1. The van der Waals surface area contributed by atoms with Crippen LogP contribution in [0, 0.1) is 0 Å².